The maximum atomic E-state index is 13.4. The quantitative estimate of drug-likeness (QED) is 0.399. The van der Waals surface area contributed by atoms with Crippen LogP contribution in [0.1, 0.15) is 20.8 Å². The summed E-state index contributed by atoms with van der Waals surface area (Å²) >= 11 is 0. The van der Waals surface area contributed by atoms with Crippen molar-refractivity contribution in [3.63, 3.8) is 0 Å². The average molecular weight is 529 g/mol. The van der Waals surface area contributed by atoms with Crippen LogP contribution in [0, 0.1) is 5.41 Å². The van der Waals surface area contributed by atoms with Gasteiger partial charge in [-0.3, -0.25) is 0 Å². The van der Waals surface area contributed by atoms with E-state index in [0.717, 1.165) is 0 Å². The van der Waals surface area contributed by atoms with E-state index in [9.17, 15) is 13.6 Å². The smallest absolute Gasteiger partial charge is 0.410 e. The molecule has 2 aromatic carbocycles. The highest BCUT2D eigenvalue weighted by atomic mass is 19.3. The molecule has 0 aliphatic carbocycles. The predicted molar refractivity (Wildman–Crippen MR) is 137 cm³/mol. The number of carbonyl (C=O) groups excluding carboxylic acids is 1. The largest absolute Gasteiger partial charge is 0.467 e. The molecule has 5 rings (SSSR count). The highest BCUT2D eigenvalue weighted by molar-refractivity contribution is 5.89. The van der Waals surface area contributed by atoms with E-state index in [-0.39, 0.29) is 24.1 Å². The number of rotatable bonds is 7. The van der Waals surface area contributed by atoms with E-state index >= 15 is 0 Å². The summed E-state index contributed by atoms with van der Waals surface area (Å²) in [5.41, 5.74) is 1.65. The topological polar surface area (TPSA) is 86.2 Å². The summed E-state index contributed by atoms with van der Waals surface area (Å²) in [6.07, 6.45) is -0.339. The van der Waals surface area contributed by atoms with Crippen LogP contribution >= 0.6 is 0 Å². The van der Waals surface area contributed by atoms with Gasteiger partial charge in [0.1, 0.15) is 17.1 Å². The third-order valence-electron chi connectivity index (χ3n) is 6.47. The lowest BCUT2D eigenvalue weighted by atomic mass is 9.72. The van der Waals surface area contributed by atoms with Gasteiger partial charge in [-0.1, -0.05) is 12.1 Å². The number of fused-ring (bicyclic) bond motifs is 1. The Labute approximate surface area is 219 Å². The summed E-state index contributed by atoms with van der Waals surface area (Å²) in [6.45, 7) is 4.90. The maximum Gasteiger partial charge on any atom is 0.410 e. The normalized spacial score (nSPS) is 16.4. The fourth-order valence-corrected chi connectivity index (χ4v) is 4.91. The number of likely N-dealkylation sites (tertiary alicyclic amines) is 1. The van der Waals surface area contributed by atoms with Gasteiger partial charge in [-0.2, -0.15) is 8.78 Å². The number of hydrogen-bond acceptors (Lipinski definition) is 8. The summed E-state index contributed by atoms with van der Waals surface area (Å²) in [6, 6.07) is 12.4. The van der Waals surface area contributed by atoms with Crippen molar-refractivity contribution in [2.24, 2.45) is 5.41 Å². The summed E-state index contributed by atoms with van der Waals surface area (Å²) in [4.78, 5) is 15.9. The number of halogens is 2. The zero-order valence-corrected chi connectivity index (χ0v) is 21.7. The molecule has 38 heavy (non-hydrogen) atoms. The van der Waals surface area contributed by atoms with Gasteiger partial charge >= 0.3 is 12.7 Å². The number of hydrogen-bond donors (Lipinski definition) is 0. The lowest BCUT2D eigenvalue weighted by molar-refractivity contribution is -0.0528. The number of benzene rings is 2. The van der Waals surface area contributed by atoms with Crippen molar-refractivity contribution in [1.82, 2.24) is 15.1 Å². The molecule has 0 saturated carbocycles. The van der Waals surface area contributed by atoms with Crippen LogP contribution < -0.4 is 14.4 Å². The van der Waals surface area contributed by atoms with Gasteiger partial charge in [-0.25, -0.2) is 4.79 Å². The van der Waals surface area contributed by atoms with Crippen LogP contribution in [0.3, 0.4) is 0 Å². The Morgan fingerprint density at radius 3 is 2.47 bits per heavy atom. The van der Waals surface area contributed by atoms with Crippen molar-refractivity contribution in [3.05, 3.63) is 42.5 Å². The number of anilines is 1. The first-order valence-electron chi connectivity index (χ1n) is 12.3. The molecule has 2 fully saturated rings. The Bertz CT molecular complexity index is 1330. The van der Waals surface area contributed by atoms with Gasteiger partial charge in [-0.15, -0.1) is 10.2 Å². The zero-order valence-electron chi connectivity index (χ0n) is 21.7. The summed E-state index contributed by atoms with van der Waals surface area (Å²) in [7, 11) is 1.53. The van der Waals surface area contributed by atoms with Crippen molar-refractivity contribution < 1.29 is 32.5 Å². The van der Waals surface area contributed by atoms with Crippen LogP contribution in [0.4, 0.5) is 19.3 Å². The van der Waals surface area contributed by atoms with Gasteiger partial charge < -0.3 is 28.7 Å². The van der Waals surface area contributed by atoms with Crippen molar-refractivity contribution in [2.75, 3.05) is 45.0 Å². The Balaban J connectivity index is 1.36. The van der Waals surface area contributed by atoms with Gasteiger partial charge in [0.25, 0.3) is 0 Å². The van der Waals surface area contributed by atoms with Crippen LogP contribution in [0.15, 0.2) is 42.5 Å². The van der Waals surface area contributed by atoms with Crippen LogP contribution in [-0.2, 0) is 9.47 Å². The third-order valence-corrected chi connectivity index (χ3v) is 6.47. The molecule has 202 valence electrons. The molecule has 3 aromatic rings. The number of carbonyl (C=O) groups is 1. The molecule has 1 spiro atoms. The first-order valence-corrected chi connectivity index (χ1v) is 12.3. The molecule has 11 heteroatoms. The van der Waals surface area contributed by atoms with E-state index in [0.29, 0.717) is 59.8 Å². The molecule has 2 saturated heterocycles. The monoisotopic (exact) mass is 528 g/mol. The number of aromatic nitrogens is 2. The fraction of sp³-hybridized carbons (Fsp3) is 0.444. The van der Waals surface area contributed by atoms with Gasteiger partial charge in [0, 0.05) is 49.7 Å². The molecule has 9 nitrogen and oxygen atoms in total. The van der Waals surface area contributed by atoms with Crippen molar-refractivity contribution in [2.45, 2.75) is 33.0 Å². The third kappa shape index (κ3) is 5.28. The summed E-state index contributed by atoms with van der Waals surface area (Å²) in [5, 5.41) is 9.33. The first kappa shape index (κ1) is 25.9. The van der Waals surface area contributed by atoms with Crippen molar-refractivity contribution >= 4 is 22.7 Å². The summed E-state index contributed by atoms with van der Waals surface area (Å²) < 4.78 is 47.7. The molecular weight excluding hydrogens is 498 g/mol. The van der Waals surface area contributed by atoms with Crippen molar-refractivity contribution in [3.8, 4) is 22.8 Å². The number of methoxy groups -OCH3 is 1. The number of alkyl halides is 2. The first-order chi connectivity index (χ1) is 18.1. The Kier molecular flexibility index (Phi) is 6.72. The molecule has 2 aliphatic heterocycles. The van der Waals surface area contributed by atoms with E-state index in [1.807, 2.05) is 43.9 Å². The number of ether oxygens (including phenoxy) is 4. The molecule has 0 N–H and O–H groups in total. The summed E-state index contributed by atoms with van der Waals surface area (Å²) in [5.74, 6) is 0.629. The van der Waals surface area contributed by atoms with E-state index < -0.39 is 12.2 Å². The Morgan fingerprint density at radius 2 is 1.79 bits per heavy atom. The molecule has 0 radical (unpaired) electrons. The second-order valence-corrected chi connectivity index (χ2v) is 10.7. The maximum absolute atomic E-state index is 13.4. The minimum absolute atomic E-state index is 0.0635. The number of para-hydroxylation sites is 1. The highest BCUT2D eigenvalue weighted by Gasteiger charge is 2.54. The van der Waals surface area contributed by atoms with Gasteiger partial charge in [-0.05, 0) is 51.1 Å². The number of nitrogens with zero attached hydrogens (tertiary/aromatic N) is 4. The second-order valence-electron chi connectivity index (χ2n) is 10.7. The molecule has 2 aliphatic rings. The predicted octanol–water partition coefficient (Wildman–Crippen LogP) is 4.94. The van der Waals surface area contributed by atoms with E-state index in [2.05, 4.69) is 10.2 Å². The van der Waals surface area contributed by atoms with Gasteiger partial charge in [0.05, 0.1) is 16.9 Å². The van der Waals surface area contributed by atoms with Crippen LogP contribution in [0.2, 0.25) is 0 Å². The van der Waals surface area contributed by atoms with Gasteiger partial charge in [0.15, 0.2) is 6.79 Å². The molecular formula is C27H30F2N4O5. The second kappa shape index (κ2) is 9.86. The Morgan fingerprint density at radius 1 is 1.05 bits per heavy atom. The molecule has 3 heterocycles. The standard InChI is InChI=1S/C27H30F2N4O5/c1-26(2,3)38-25(34)33-14-27(15-33)12-32(13-27)21-11-19-17(10-23(21)37-24(28)29)9-20(31-30-19)18-7-5-6-8-22(18)36-16-35-4/h5-11,24H,12-16H2,1-4H3. The minimum atomic E-state index is -2.98. The molecule has 0 bridgehead atoms. The minimum Gasteiger partial charge on any atom is -0.467 e. The average Bonchev–Trinajstić information content (AvgIpc) is 2.79. The lowest BCUT2D eigenvalue weighted by Gasteiger charge is -2.60. The van der Waals surface area contributed by atoms with Crippen LogP contribution in [0.25, 0.3) is 22.2 Å². The van der Waals surface area contributed by atoms with Crippen LogP contribution in [-0.4, -0.2) is 73.5 Å². The molecule has 1 aromatic heterocycles. The highest BCUT2D eigenvalue weighted by Crippen LogP contribution is 2.46. The van der Waals surface area contributed by atoms with E-state index in [1.165, 1.54) is 7.11 Å². The van der Waals surface area contributed by atoms with Crippen molar-refractivity contribution in [1.29, 1.82) is 0 Å². The fourth-order valence-electron chi connectivity index (χ4n) is 4.91. The van der Waals surface area contributed by atoms with Crippen LogP contribution in [0.5, 0.6) is 11.5 Å². The molecule has 0 atom stereocenters. The lowest BCUT2D eigenvalue weighted by Crippen LogP contribution is -2.73. The van der Waals surface area contributed by atoms with E-state index in [4.69, 9.17) is 18.9 Å². The zero-order chi connectivity index (χ0) is 27.1. The Hall–Kier alpha value is -3.73. The molecule has 1 amide bonds. The molecule has 0 unspecified atom stereocenters. The van der Waals surface area contributed by atoms with E-state index in [1.54, 1.807) is 29.2 Å². The SMILES string of the molecule is COCOc1ccccc1-c1cc2cc(OC(F)F)c(N3CC4(CN(C(=O)OC(C)(C)C)C4)C3)cc2nn1. The van der Waals surface area contributed by atoms with Gasteiger partial charge in [0.2, 0.25) is 0 Å². The number of amides is 1.